The number of nitrogens with two attached hydrogens (primary N) is 1. The van der Waals surface area contributed by atoms with Crippen LogP contribution < -0.4 is 9.88 Å². The minimum Gasteiger partial charge on any atom is -0.404 e. The van der Waals surface area contributed by atoms with Gasteiger partial charge in [-0.2, -0.15) is 0 Å². The van der Waals surface area contributed by atoms with E-state index in [0.717, 1.165) is 0 Å². The molecule has 0 amide bonds. The number of hydrogen-bond donors (Lipinski definition) is 1. The molecule has 0 aliphatic heterocycles. The Labute approximate surface area is 98.2 Å². The predicted octanol–water partition coefficient (Wildman–Crippen LogP) is 2.17. The van der Waals surface area contributed by atoms with E-state index in [1.165, 1.54) is 0 Å². The molecule has 0 saturated carbocycles. The van der Waals surface area contributed by atoms with Crippen LogP contribution in [0.5, 0.6) is 5.75 Å². The molecule has 1 rings (SSSR count). The van der Waals surface area contributed by atoms with Gasteiger partial charge in [-0.3, -0.25) is 0 Å². The molecule has 0 spiro atoms. The minimum atomic E-state index is -5.22. The van der Waals surface area contributed by atoms with Gasteiger partial charge in [-0.25, -0.2) is 22.3 Å². The van der Waals surface area contributed by atoms with Crippen LogP contribution in [0.1, 0.15) is 12.0 Å². The van der Waals surface area contributed by atoms with Gasteiger partial charge < -0.3 is 4.74 Å². The summed E-state index contributed by atoms with van der Waals surface area (Å²) in [4.78, 5) is -1.02. The van der Waals surface area contributed by atoms with E-state index in [1.807, 2.05) is 0 Å². The number of hydrogen-bond acceptors (Lipinski definition) is 3. The van der Waals surface area contributed by atoms with E-state index >= 15 is 0 Å². The topological polar surface area (TPSA) is 69.4 Å². The number of benzene rings is 1. The first-order valence-electron chi connectivity index (χ1n) is 4.21. The van der Waals surface area contributed by atoms with Crippen LogP contribution in [0.25, 0.3) is 0 Å². The molecule has 0 radical (unpaired) electrons. The summed E-state index contributed by atoms with van der Waals surface area (Å²) < 4.78 is 85.9. The van der Waals surface area contributed by atoms with E-state index in [2.05, 4.69) is 9.88 Å². The average molecular weight is 291 g/mol. The lowest BCUT2D eigenvalue weighted by atomic mass is 10.2. The Hall–Kier alpha value is -1.42. The number of rotatable bonds is 3. The molecule has 10 heteroatoms. The van der Waals surface area contributed by atoms with Gasteiger partial charge in [-0.15, -0.1) is 13.2 Å². The first-order valence-corrected chi connectivity index (χ1v) is 5.76. The Bertz CT molecular complexity index is 540. The molecule has 0 aliphatic carbocycles. The maximum Gasteiger partial charge on any atom is 0.573 e. The predicted molar refractivity (Wildman–Crippen MR) is 49.5 cm³/mol. The van der Waals surface area contributed by atoms with Gasteiger partial charge in [0.1, 0.15) is 10.6 Å². The zero-order chi connectivity index (χ0) is 14.1. The van der Waals surface area contributed by atoms with Crippen molar-refractivity contribution in [1.29, 1.82) is 0 Å². The summed E-state index contributed by atoms with van der Waals surface area (Å²) in [6.45, 7) is 0. The van der Waals surface area contributed by atoms with Gasteiger partial charge >= 0.3 is 6.36 Å². The fourth-order valence-corrected chi connectivity index (χ4v) is 1.74. The van der Waals surface area contributed by atoms with Crippen LogP contribution in [-0.2, 0) is 10.0 Å². The largest absolute Gasteiger partial charge is 0.573 e. The second-order valence-electron chi connectivity index (χ2n) is 3.10. The van der Waals surface area contributed by atoms with E-state index < -0.39 is 39.0 Å². The third-order valence-corrected chi connectivity index (χ3v) is 2.70. The molecule has 1 aromatic rings. The van der Waals surface area contributed by atoms with E-state index in [4.69, 9.17) is 0 Å². The van der Waals surface area contributed by atoms with Crippen molar-refractivity contribution in [1.82, 2.24) is 0 Å². The summed E-state index contributed by atoms with van der Waals surface area (Å²) >= 11 is 0. The van der Waals surface area contributed by atoms with Crippen molar-refractivity contribution >= 4 is 10.0 Å². The number of halogens is 5. The van der Waals surface area contributed by atoms with Crippen LogP contribution in [0.4, 0.5) is 22.0 Å². The molecule has 0 unspecified atom stereocenters. The van der Waals surface area contributed by atoms with Gasteiger partial charge in [0.05, 0.1) is 0 Å². The minimum absolute atomic E-state index is 0.276. The molecule has 0 heterocycles. The normalized spacial score (nSPS) is 12.8. The molecule has 0 aliphatic rings. The van der Waals surface area contributed by atoms with Crippen molar-refractivity contribution in [2.75, 3.05) is 0 Å². The van der Waals surface area contributed by atoms with Crippen molar-refractivity contribution in [3.05, 3.63) is 23.8 Å². The lowest BCUT2D eigenvalue weighted by Gasteiger charge is -2.13. The molecule has 0 atom stereocenters. The highest BCUT2D eigenvalue weighted by atomic mass is 32.2. The standard InChI is InChI=1S/C8H6F5NO3S/c9-7(10)4-1-2-6(18(14,15)16)5(3-4)17-8(11,12)13/h1-3,7H,(H2,14,15,16). The van der Waals surface area contributed by atoms with Crippen molar-refractivity contribution in [3.8, 4) is 5.75 Å². The molecular weight excluding hydrogens is 285 g/mol. The average Bonchev–Trinajstić information content (AvgIpc) is 2.12. The highest BCUT2D eigenvalue weighted by Crippen LogP contribution is 2.32. The summed E-state index contributed by atoms with van der Waals surface area (Å²) in [5.41, 5.74) is -0.818. The molecule has 102 valence electrons. The van der Waals surface area contributed by atoms with Crippen LogP contribution in [-0.4, -0.2) is 14.8 Å². The molecule has 0 fully saturated rings. The number of primary sulfonamides is 1. The summed E-state index contributed by atoms with van der Waals surface area (Å²) in [5.74, 6) is -1.29. The molecule has 2 N–H and O–H groups in total. The zero-order valence-electron chi connectivity index (χ0n) is 8.41. The quantitative estimate of drug-likeness (QED) is 0.868. The number of alkyl halides is 5. The van der Waals surface area contributed by atoms with Crippen LogP contribution in [0.15, 0.2) is 23.1 Å². The Balaban J connectivity index is 3.36. The van der Waals surface area contributed by atoms with E-state index in [9.17, 15) is 30.4 Å². The summed E-state index contributed by atoms with van der Waals surface area (Å²) in [6.07, 6.45) is -8.30. The maximum absolute atomic E-state index is 12.3. The van der Waals surface area contributed by atoms with Crippen LogP contribution in [0.3, 0.4) is 0 Å². The molecule has 0 aromatic heterocycles. The third kappa shape index (κ3) is 3.81. The van der Waals surface area contributed by atoms with E-state index in [-0.39, 0.29) is 6.07 Å². The van der Waals surface area contributed by atoms with Gasteiger partial charge in [0, 0.05) is 5.56 Å². The Kier molecular flexibility index (Phi) is 3.81. The van der Waals surface area contributed by atoms with Gasteiger partial charge in [0.15, 0.2) is 0 Å². The van der Waals surface area contributed by atoms with Crippen LogP contribution >= 0.6 is 0 Å². The third-order valence-electron chi connectivity index (χ3n) is 1.75. The highest BCUT2D eigenvalue weighted by molar-refractivity contribution is 7.89. The van der Waals surface area contributed by atoms with Crippen molar-refractivity contribution in [3.63, 3.8) is 0 Å². The van der Waals surface area contributed by atoms with E-state index in [1.54, 1.807) is 0 Å². The van der Waals surface area contributed by atoms with Gasteiger partial charge in [-0.1, -0.05) is 6.07 Å². The number of ether oxygens (including phenoxy) is 1. The maximum atomic E-state index is 12.3. The smallest absolute Gasteiger partial charge is 0.404 e. The van der Waals surface area contributed by atoms with Gasteiger partial charge in [-0.05, 0) is 12.1 Å². The Morgan fingerprint density at radius 2 is 1.78 bits per heavy atom. The molecular formula is C8H6F5NO3S. The highest BCUT2D eigenvalue weighted by Gasteiger charge is 2.34. The Morgan fingerprint density at radius 3 is 2.17 bits per heavy atom. The number of sulfonamides is 1. The Morgan fingerprint density at radius 1 is 1.22 bits per heavy atom. The molecule has 0 bridgehead atoms. The molecule has 1 aromatic carbocycles. The molecule has 4 nitrogen and oxygen atoms in total. The zero-order valence-corrected chi connectivity index (χ0v) is 9.23. The second-order valence-corrected chi connectivity index (χ2v) is 4.63. The molecule has 0 saturated heterocycles. The summed E-state index contributed by atoms with van der Waals surface area (Å²) in [7, 11) is -4.52. The first kappa shape index (κ1) is 14.6. The lowest BCUT2D eigenvalue weighted by molar-refractivity contribution is -0.275. The van der Waals surface area contributed by atoms with Gasteiger partial charge in [0.2, 0.25) is 10.0 Å². The van der Waals surface area contributed by atoms with Crippen LogP contribution in [0, 0.1) is 0 Å². The first-order chi connectivity index (χ1) is 8.00. The van der Waals surface area contributed by atoms with E-state index in [0.29, 0.717) is 12.1 Å². The lowest BCUT2D eigenvalue weighted by Crippen LogP contribution is -2.21. The second kappa shape index (κ2) is 4.69. The van der Waals surface area contributed by atoms with Crippen molar-refractivity contribution < 1.29 is 35.1 Å². The van der Waals surface area contributed by atoms with Crippen molar-refractivity contribution in [2.24, 2.45) is 5.14 Å². The monoisotopic (exact) mass is 291 g/mol. The van der Waals surface area contributed by atoms with Gasteiger partial charge in [0.25, 0.3) is 6.43 Å². The SMILES string of the molecule is NS(=O)(=O)c1ccc(C(F)F)cc1OC(F)(F)F. The fraction of sp³-hybridized carbons (Fsp3) is 0.250. The van der Waals surface area contributed by atoms with Crippen LogP contribution in [0.2, 0.25) is 0 Å². The summed E-state index contributed by atoms with van der Waals surface area (Å²) in [5, 5.41) is 4.64. The molecule has 18 heavy (non-hydrogen) atoms. The fourth-order valence-electron chi connectivity index (χ4n) is 1.10. The summed E-state index contributed by atoms with van der Waals surface area (Å²) in [6, 6.07) is 1.45. The van der Waals surface area contributed by atoms with Crippen molar-refractivity contribution in [2.45, 2.75) is 17.7 Å².